The SMILES string of the molecule is COc1cc(-c2cc(-c3ccc(Cl)cc3)[nH]c(=O)n2)ccc1OC(=O)[C@@H](CCCCNCl)NC(C)=O. The lowest BCUT2D eigenvalue weighted by atomic mass is 10.1. The molecule has 0 saturated heterocycles. The lowest BCUT2D eigenvalue weighted by Crippen LogP contribution is -2.42. The number of carbonyl (C=O) groups is 2. The van der Waals surface area contributed by atoms with E-state index in [0.717, 1.165) is 12.0 Å². The second-order valence-electron chi connectivity index (χ2n) is 7.91. The first kappa shape index (κ1) is 27.2. The van der Waals surface area contributed by atoms with Crippen LogP contribution in [-0.2, 0) is 9.59 Å². The van der Waals surface area contributed by atoms with Crippen molar-refractivity contribution in [3.05, 3.63) is 64.0 Å². The molecule has 0 aliphatic rings. The monoisotopic (exact) mass is 532 g/mol. The fourth-order valence-corrected chi connectivity index (χ4v) is 3.78. The first-order valence-corrected chi connectivity index (χ1v) is 11.9. The van der Waals surface area contributed by atoms with Gasteiger partial charge in [0.2, 0.25) is 5.91 Å². The highest BCUT2D eigenvalue weighted by Crippen LogP contribution is 2.33. The summed E-state index contributed by atoms with van der Waals surface area (Å²) in [5.41, 5.74) is 1.81. The van der Waals surface area contributed by atoms with Crippen molar-refractivity contribution in [3.63, 3.8) is 0 Å². The maximum atomic E-state index is 12.8. The number of ether oxygens (including phenoxy) is 2. The zero-order valence-electron chi connectivity index (χ0n) is 19.8. The topological polar surface area (TPSA) is 122 Å². The van der Waals surface area contributed by atoms with Gasteiger partial charge in [-0.3, -0.25) is 4.79 Å². The van der Waals surface area contributed by atoms with E-state index in [4.69, 9.17) is 32.9 Å². The molecule has 1 atom stereocenters. The van der Waals surface area contributed by atoms with Gasteiger partial charge in [-0.15, -0.1) is 0 Å². The Morgan fingerprint density at radius 2 is 1.78 bits per heavy atom. The molecule has 36 heavy (non-hydrogen) atoms. The first-order chi connectivity index (χ1) is 17.3. The number of nitrogens with zero attached hydrogens (tertiary/aromatic N) is 1. The number of carbonyl (C=O) groups excluding carboxylic acids is 2. The maximum Gasteiger partial charge on any atom is 0.345 e. The molecule has 1 aromatic heterocycles. The summed E-state index contributed by atoms with van der Waals surface area (Å²) >= 11 is 11.4. The molecule has 190 valence electrons. The first-order valence-electron chi connectivity index (χ1n) is 11.2. The van der Waals surface area contributed by atoms with Crippen molar-refractivity contribution in [2.75, 3.05) is 13.7 Å². The molecule has 3 aromatic rings. The molecule has 2 aromatic carbocycles. The van der Waals surface area contributed by atoms with E-state index in [1.165, 1.54) is 14.0 Å². The number of unbranched alkanes of at least 4 members (excludes halogenated alkanes) is 1. The molecule has 0 radical (unpaired) electrons. The van der Waals surface area contributed by atoms with Gasteiger partial charge in [0, 0.05) is 24.1 Å². The van der Waals surface area contributed by atoms with E-state index in [1.807, 2.05) is 0 Å². The van der Waals surface area contributed by atoms with Gasteiger partial charge in [0.15, 0.2) is 11.5 Å². The van der Waals surface area contributed by atoms with Gasteiger partial charge >= 0.3 is 11.7 Å². The number of aromatic amines is 1. The number of halogens is 2. The Hall–Kier alpha value is -3.40. The molecule has 0 fully saturated rings. The highest BCUT2D eigenvalue weighted by molar-refractivity contribution is 6.30. The van der Waals surface area contributed by atoms with Crippen molar-refractivity contribution < 1.29 is 19.1 Å². The molecule has 3 N–H and O–H groups in total. The number of hydrogen-bond acceptors (Lipinski definition) is 7. The van der Waals surface area contributed by atoms with Crippen LogP contribution >= 0.6 is 23.4 Å². The number of H-pyrrole nitrogens is 1. The molecule has 1 amide bonds. The lowest BCUT2D eigenvalue weighted by molar-refractivity contribution is -0.139. The number of nitrogens with one attached hydrogen (secondary N) is 3. The Labute approximate surface area is 218 Å². The molecule has 11 heteroatoms. The van der Waals surface area contributed by atoms with Gasteiger partial charge in [0.1, 0.15) is 6.04 Å². The zero-order chi connectivity index (χ0) is 26.1. The molecule has 9 nitrogen and oxygen atoms in total. The largest absolute Gasteiger partial charge is 0.493 e. The number of amides is 1. The Bertz CT molecular complexity index is 1260. The average molecular weight is 533 g/mol. The summed E-state index contributed by atoms with van der Waals surface area (Å²) in [4.78, 5) is 45.9. The van der Waals surface area contributed by atoms with E-state index in [9.17, 15) is 14.4 Å². The second-order valence-corrected chi connectivity index (χ2v) is 8.62. The smallest absolute Gasteiger partial charge is 0.345 e. The number of methoxy groups -OCH3 is 1. The van der Waals surface area contributed by atoms with Crippen LogP contribution in [0, 0.1) is 0 Å². The molecule has 0 bridgehead atoms. The van der Waals surface area contributed by atoms with Crippen LogP contribution in [0.5, 0.6) is 11.5 Å². The van der Waals surface area contributed by atoms with Crippen LogP contribution in [0.3, 0.4) is 0 Å². The van der Waals surface area contributed by atoms with Gasteiger partial charge < -0.3 is 19.8 Å². The molecule has 0 aliphatic heterocycles. The van der Waals surface area contributed by atoms with Crippen molar-refractivity contribution in [2.45, 2.75) is 32.2 Å². The Kier molecular flexibility index (Phi) is 9.86. The normalized spacial score (nSPS) is 11.6. The minimum atomic E-state index is -0.821. The predicted octanol–water partition coefficient (Wildman–Crippen LogP) is 4.09. The lowest BCUT2D eigenvalue weighted by Gasteiger charge is -2.18. The number of aromatic nitrogens is 2. The molecule has 0 saturated carbocycles. The van der Waals surface area contributed by atoms with Gasteiger partial charge in [0.25, 0.3) is 0 Å². The predicted molar refractivity (Wildman–Crippen MR) is 138 cm³/mol. The van der Waals surface area contributed by atoms with Gasteiger partial charge in [0.05, 0.1) is 18.5 Å². The summed E-state index contributed by atoms with van der Waals surface area (Å²) in [5, 5.41) is 3.20. The summed E-state index contributed by atoms with van der Waals surface area (Å²) in [6.45, 7) is 1.91. The van der Waals surface area contributed by atoms with Crippen LogP contribution in [0.15, 0.2) is 53.3 Å². The van der Waals surface area contributed by atoms with E-state index in [-0.39, 0.29) is 17.4 Å². The minimum Gasteiger partial charge on any atom is -0.493 e. The van der Waals surface area contributed by atoms with E-state index in [2.05, 4.69) is 20.1 Å². The van der Waals surface area contributed by atoms with E-state index >= 15 is 0 Å². The fourth-order valence-electron chi connectivity index (χ4n) is 3.52. The molecular formula is C25H26Cl2N4O5. The summed E-state index contributed by atoms with van der Waals surface area (Å²) in [5.74, 6) is -0.517. The summed E-state index contributed by atoms with van der Waals surface area (Å²) in [6.07, 6.45) is 1.77. The molecular weight excluding hydrogens is 507 g/mol. The minimum absolute atomic E-state index is 0.173. The van der Waals surface area contributed by atoms with Crippen LogP contribution in [0.4, 0.5) is 0 Å². The number of esters is 1. The summed E-state index contributed by atoms with van der Waals surface area (Å²) in [6, 6.07) is 12.8. The molecule has 0 aliphatic carbocycles. The van der Waals surface area contributed by atoms with E-state index < -0.39 is 17.7 Å². The van der Waals surface area contributed by atoms with Crippen molar-refractivity contribution in [3.8, 4) is 34.0 Å². The van der Waals surface area contributed by atoms with Crippen LogP contribution in [0.25, 0.3) is 22.5 Å². The van der Waals surface area contributed by atoms with Gasteiger partial charge in [-0.25, -0.2) is 14.4 Å². The molecule has 0 unspecified atom stereocenters. The van der Waals surface area contributed by atoms with Crippen molar-refractivity contribution in [2.24, 2.45) is 0 Å². The quantitative estimate of drug-likeness (QED) is 0.147. The zero-order valence-corrected chi connectivity index (χ0v) is 21.3. The Morgan fingerprint density at radius 1 is 1.06 bits per heavy atom. The maximum absolute atomic E-state index is 12.8. The highest BCUT2D eigenvalue weighted by atomic mass is 35.5. The van der Waals surface area contributed by atoms with Crippen LogP contribution in [0.1, 0.15) is 26.2 Å². The summed E-state index contributed by atoms with van der Waals surface area (Å²) < 4.78 is 11.0. The number of benzene rings is 2. The average Bonchev–Trinajstić information content (AvgIpc) is 2.86. The third-order valence-electron chi connectivity index (χ3n) is 5.25. The Morgan fingerprint density at radius 3 is 2.44 bits per heavy atom. The standard InChI is InChI=1S/C25H26Cl2N4O5/c1-15(32)29-19(5-3-4-12-28-27)24(33)36-22-11-8-17(13-23(22)35-2)21-14-20(30-25(34)31-21)16-6-9-18(26)10-7-16/h6-11,13-14,19,28H,3-5,12H2,1-2H3,(H,29,32)(H,30,31,34)/t19-/m1/s1. The number of rotatable bonds is 11. The molecule has 1 heterocycles. The fraction of sp³-hybridized carbons (Fsp3) is 0.280. The van der Waals surface area contributed by atoms with Crippen molar-refractivity contribution >= 4 is 35.3 Å². The summed E-state index contributed by atoms with van der Waals surface area (Å²) in [7, 11) is 1.44. The van der Waals surface area contributed by atoms with Crippen LogP contribution in [0.2, 0.25) is 5.02 Å². The molecule has 3 rings (SSSR count). The Balaban J connectivity index is 1.83. The van der Waals surface area contributed by atoms with Gasteiger partial charge in [-0.2, -0.15) is 4.98 Å². The van der Waals surface area contributed by atoms with E-state index in [1.54, 1.807) is 48.5 Å². The van der Waals surface area contributed by atoms with Crippen molar-refractivity contribution in [1.29, 1.82) is 0 Å². The van der Waals surface area contributed by atoms with Crippen molar-refractivity contribution in [1.82, 2.24) is 20.1 Å². The number of hydrogen-bond donors (Lipinski definition) is 3. The third kappa shape index (κ3) is 7.55. The van der Waals surface area contributed by atoms with Crippen LogP contribution < -0.4 is 25.3 Å². The highest BCUT2D eigenvalue weighted by Gasteiger charge is 2.23. The van der Waals surface area contributed by atoms with E-state index in [0.29, 0.717) is 41.4 Å². The third-order valence-corrected chi connectivity index (χ3v) is 5.69. The van der Waals surface area contributed by atoms with Gasteiger partial charge in [-0.1, -0.05) is 23.7 Å². The van der Waals surface area contributed by atoms with Gasteiger partial charge in [-0.05, 0) is 73.0 Å². The van der Waals surface area contributed by atoms with Crippen LogP contribution in [-0.4, -0.2) is 41.5 Å². The molecule has 0 spiro atoms. The second kappa shape index (κ2) is 13.1.